The Morgan fingerprint density at radius 2 is 1.85 bits per heavy atom. The number of carbonyl (C=O) groups excluding carboxylic acids is 2. The topological polar surface area (TPSA) is 65.1 Å². The number of amides is 1. The van der Waals surface area contributed by atoms with Crippen LogP contribution in [0.1, 0.15) is 22.8 Å². The fourth-order valence-corrected chi connectivity index (χ4v) is 2.49. The van der Waals surface area contributed by atoms with E-state index in [0.717, 1.165) is 0 Å². The summed E-state index contributed by atoms with van der Waals surface area (Å²) in [5, 5.41) is 0. The van der Waals surface area contributed by atoms with Gasteiger partial charge in [0.1, 0.15) is 5.82 Å². The van der Waals surface area contributed by atoms with Crippen LogP contribution in [0.15, 0.2) is 42.5 Å². The van der Waals surface area contributed by atoms with Gasteiger partial charge >= 0.3 is 5.97 Å². The van der Waals surface area contributed by atoms with Gasteiger partial charge in [-0.2, -0.15) is 0 Å². The molecule has 0 aromatic heterocycles. The molecule has 144 valence electrons. The predicted octanol–water partition coefficient (Wildman–Crippen LogP) is 3.05. The van der Waals surface area contributed by atoms with Crippen LogP contribution < -0.4 is 9.47 Å². The lowest BCUT2D eigenvalue weighted by Gasteiger charge is -2.21. The van der Waals surface area contributed by atoms with E-state index in [1.807, 2.05) is 6.92 Å². The highest BCUT2D eigenvalue weighted by atomic mass is 19.1. The second-order valence-corrected chi connectivity index (χ2v) is 5.68. The highest BCUT2D eigenvalue weighted by Gasteiger charge is 2.16. The standard InChI is InChI=1S/C20H22FNO5/c1-4-22(12-14-6-5-7-16(21)10-14)19(23)13-27-17-9-8-15(20(24)26-3)11-18(17)25-2/h5-11H,4,12-13H2,1-3H3. The molecule has 1 amide bonds. The van der Waals surface area contributed by atoms with Crippen LogP contribution in [-0.4, -0.2) is 44.1 Å². The van der Waals surface area contributed by atoms with Gasteiger partial charge in [0.05, 0.1) is 19.8 Å². The van der Waals surface area contributed by atoms with Crippen molar-refractivity contribution in [3.63, 3.8) is 0 Å². The van der Waals surface area contributed by atoms with Crippen LogP contribution in [0, 0.1) is 5.82 Å². The van der Waals surface area contributed by atoms with Crippen LogP contribution in [0.4, 0.5) is 4.39 Å². The number of rotatable bonds is 8. The molecule has 0 unspecified atom stereocenters. The molecule has 0 saturated carbocycles. The van der Waals surface area contributed by atoms with E-state index in [4.69, 9.17) is 9.47 Å². The van der Waals surface area contributed by atoms with Crippen LogP contribution in [0.5, 0.6) is 11.5 Å². The van der Waals surface area contributed by atoms with Gasteiger partial charge in [-0.25, -0.2) is 9.18 Å². The maximum absolute atomic E-state index is 13.3. The fourth-order valence-electron chi connectivity index (χ4n) is 2.49. The molecular formula is C20H22FNO5. The summed E-state index contributed by atoms with van der Waals surface area (Å²) in [4.78, 5) is 25.6. The lowest BCUT2D eigenvalue weighted by molar-refractivity contribution is -0.133. The molecule has 6 nitrogen and oxygen atoms in total. The summed E-state index contributed by atoms with van der Waals surface area (Å²) in [6.45, 7) is 2.37. The van der Waals surface area contributed by atoms with Gasteiger partial charge in [0.2, 0.25) is 0 Å². The third-order valence-corrected chi connectivity index (χ3v) is 3.93. The van der Waals surface area contributed by atoms with Crippen molar-refractivity contribution in [1.29, 1.82) is 0 Å². The normalized spacial score (nSPS) is 10.2. The average molecular weight is 375 g/mol. The Bertz CT molecular complexity index is 809. The number of likely N-dealkylation sites (N-methyl/N-ethyl adjacent to an activating group) is 1. The minimum atomic E-state index is -0.497. The summed E-state index contributed by atoms with van der Waals surface area (Å²) >= 11 is 0. The number of nitrogens with zero attached hydrogens (tertiary/aromatic N) is 1. The van der Waals surface area contributed by atoms with Crippen molar-refractivity contribution in [1.82, 2.24) is 4.90 Å². The molecule has 0 saturated heterocycles. The highest BCUT2D eigenvalue weighted by molar-refractivity contribution is 5.90. The highest BCUT2D eigenvalue weighted by Crippen LogP contribution is 2.28. The van der Waals surface area contributed by atoms with Crippen molar-refractivity contribution in [2.24, 2.45) is 0 Å². The molecule has 0 aliphatic carbocycles. The predicted molar refractivity (Wildman–Crippen MR) is 97.3 cm³/mol. The molecule has 0 aliphatic rings. The van der Waals surface area contributed by atoms with Gasteiger partial charge in [-0.1, -0.05) is 12.1 Å². The van der Waals surface area contributed by atoms with E-state index >= 15 is 0 Å². The minimum absolute atomic E-state index is 0.211. The first-order chi connectivity index (χ1) is 13.0. The van der Waals surface area contributed by atoms with Gasteiger partial charge < -0.3 is 19.1 Å². The first-order valence-electron chi connectivity index (χ1n) is 8.39. The maximum atomic E-state index is 13.3. The van der Waals surface area contributed by atoms with Gasteiger partial charge in [0.25, 0.3) is 5.91 Å². The van der Waals surface area contributed by atoms with Crippen LogP contribution in [0.25, 0.3) is 0 Å². The Labute approximate surface area is 157 Å². The lowest BCUT2D eigenvalue weighted by atomic mass is 10.2. The number of esters is 1. The van der Waals surface area contributed by atoms with E-state index in [0.29, 0.717) is 29.2 Å². The van der Waals surface area contributed by atoms with E-state index < -0.39 is 5.97 Å². The van der Waals surface area contributed by atoms with E-state index in [-0.39, 0.29) is 24.9 Å². The minimum Gasteiger partial charge on any atom is -0.493 e. The van der Waals surface area contributed by atoms with Crippen LogP contribution in [0.2, 0.25) is 0 Å². The second kappa shape index (κ2) is 9.56. The SMILES string of the molecule is CCN(Cc1cccc(F)c1)C(=O)COc1ccc(C(=O)OC)cc1OC. The van der Waals surface area contributed by atoms with E-state index in [1.165, 1.54) is 38.5 Å². The fraction of sp³-hybridized carbons (Fsp3) is 0.300. The average Bonchev–Trinajstić information content (AvgIpc) is 2.69. The zero-order valence-corrected chi connectivity index (χ0v) is 15.5. The lowest BCUT2D eigenvalue weighted by Crippen LogP contribution is -2.34. The third kappa shape index (κ3) is 5.44. The summed E-state index contributed by atoms with van der Waals surface area (Å²) in [5.41, 5.74) is 1.01. The quantitative estimate of drug-likeness (QED) is 0.664. The summed E-state index contributed by atoms with van der Waals surface area (Å²) in [7, 11) is 2.73. The van der Waals surface area contributed by atoms with Gasteiger partial charge in [0.15, 0.2) is 18.1 Å². The molecule has 7 heteroatoms. The van der Waals surface area contributed by atoms with Crippen LogP contribution >= 0.6 is 0 Å². The molecule has 0 aliphatic heterocycles. The Kier molecular flexibility index (Phi) is 7.16. The Hall–Kier alpha value is -3.09. The second-order valence-electron chi connectivity index (χ2n) is 5.68. The van der Waals surface area contributed by atoms with Crippen molar-refractivity contribution in [2.75, 3.05) is 27.4 Å². The Morgan fingerprint density at radius 1 is 1.07 bits per heavy atom. The molecule has 0 bridgehead atoms. The smallest absolute Gasteiger partial charge is 0.337 e. The first kappa shape index (κ1) is 20.2. The number of carbonyl (C=O) groups is 2. The Morgan fingerprint density at radius 3 is 2.48 bits per heavy atom. The molecule has 27 heavy (non-hydrogen) atoms. The van der Waals surface area contributed by atoms with E-state index in [2.05, 4.69) is 4.74 Å². The van der Waals surface area contributed by atoms with Crippen molar-refractivity contribution in [3.8, 4) is 11.5 Å². The van der Waals surface area contributed by atoms with E-state index in [1.54, 1.807) is 23.1 Å². The van der Waals surface area contributed by atoms with Crippen LogP contribution in [-0.2, 0) is 16.1 Å². The van der Waals surface area contributed by atoms with Crippen molar-refractivity contribution in [2.45, 2.75) is 13.5 Å². The largest absolute Gasteiger partial charge is 0.493 e. The van der Waals surface area contributed by atoms with E-state index in [9.17, 15) is 14.0 Å². The number of methoxy groups -OCH3 is 2. The summed E-state index contributed by atoms with van der Waals surface area (Å²) < 4.78 is 28.7. The van der Waals surface area contributed by atoms with Crippen molar-refractivity contribution >= 4 is 11.9 Å². The number of hydrogen-bond acceptors (Lipinski definition) is 5. The molecule has 0 atom stereocenters. The third-order valence-electron chi connectivity index (χ3n) is 3.93. The molecule has 0 fully saturated rings. The number of hydrogen-bond donors (Lipinski definition) is 0. The molecule has 2 aromatic carbocycles. The number of halogens is 1. The Balaban J connectivity index is 2.03. The molecule has 0 heterocycles. The monoisotopic (exact) mass is 375 g/mol. The van der Waals surface area contributed by atoms with Crippen molar-refractivity contribution < 1.29 is 28.2 Å². The summed E-state index contributed by atoms with van der Waals surface area (Å²) in [6.07, 6.45) is 0. The van der Waals surface area contributed by atoms with Crippen LogP contribution in [0.3, 0.4) is 0 Å². The maximum Gasteiger partial charge on any atom is 0.337 e. The first-order valence-corrected chi connectivity index (χ1v) is 8.39. The molecule has 0 N–H and O–H groups in total. The van der Waals surface area contributed by atoms with Crippen molar-refractivity contribution in [3.05, 3.63) is 59.4 Å². The summed E-state index contributed by atoms with van der Waals surface area (Å²) in [6, 6.07) is 10.7. The number of benzene rings is 2. The molecule has 0 radical (unpaired) electrons. The van der Waals surface area contributed by atoms with Gasteiger partial charge in [-0.15, -0.1) is 0 Å². The summed E-state index contributed by atoms with van der Waals surface area (Å²) in [5.74, 6) is -0.439. The zero-order chi connectivity index (χ0) is 19.8. The molecule has 0 spiro atoms. The molecule has 2 rings (SSSR count). The van der Waals surface area contributed by atoms with Gasteiger partial charge in [-0.3, -0.25) is 4.79 Å². The number of ether oxygens (including phenoxy) is 3. The molecule has 2 aromatic rings. The van der Waals surface area contributed by atoms with Gasteiger partial charge in [0, 0.05) is 13.1 Å². The van der Waals surface area contributed by atoms with Gasteiger partial charge in [-0.05, 0) is 42.8 Å². The zero-order valence-electron chi connectivity index (χ0n) is 15.5. The molecular weight excluding hydrogens is 353 g/mol.